The molecular weight excluding hydrogens is 266 g/mol. The van der Waals surface area contributed by atoms with Crippen molar-refractivity contribution >= 4 is 17.8 Å². The van der Waals surface area contributed by atoms with E-state index >= 15 is 0 Å². The van der Waals surface area contributed by atoms with E-state index in [1.54, 1.807) is 18.2 Å². The minimum atomic E-state index is -2.52. The second-order valence-corrected chi connectivity index (χ2v) is 4.56. The van der Waals surface area contributed by atoms with Gasteiger partial charge in [0, 0.05) is 12.0 Å². The highest BCUT2D eigenvalue weighted by Crippen LogP contribution is 2.31. The van der Waals surface area contributed by atoms with Crippen molar-refractivity contribution in [1.29, 1.82) is 0 Å². The molecule has 1 aliphatic rings. The summed E-state index contributed by atoms with van der Waals surface area (Å²) in [5.74, 6) is -3.50. The molecule has 0 aliphatic carbocycles. The highest BCUT2D eigenvalue weighted by atomic mass is 16.4. The van der Waals surface area contributed by atoms with E-state index < -0.39 is 36.4 Å². The molecule has 1 amide bonds. The van der Waals surface area contributed by atoms with E-state index in [-0.39, 0.29) is 6.54 Å². The van der Waals surface area contributed by atoms with Crippen LogP contribution in [0.3, 0.4) is 0 Å². The van der Waals surface area contributed by atoms with E-state index in [1.165, 1.54) is 6.07 Å². The molecule has 1 aromatic rings. The fraction of sp³-hybridized carbons (Fsp3) is 0.308. The number of nitrogens with zero attached hydrogens (tertiary/aromatic N) is 1. The van der Waals surface area contributed by atoms with E-state index in [9.17, 15) is 19.5 Å². The van der Waals surface area contributed by atoms with Crippen LogP contribution in [0, 0.1) is 0 Å². The van der Waals surface area contributed by atoms with Crippen LogP contribution in [0.2, 0.25) is 0 Å². The minimum absolute atomic E-state index is 0.0581. The first-order valence-corrected chi connectivity index (χ1v) is 5.93. The van der Waals surface area contributed by atoms with Gasteiger partial charge in [0.25, 0.3) is 5.91 Å². The maximum Gasteiger partial charge on any atom is 0.357 e. The Labute approximate surface area is 114 Å². The van der Waals surface area contributed by atoms with E-state index in [0.29, 0.717) is 11.1 Å². The van der Waals surface area contributed by atoms with Gasteiger partial charge in [-0.3, -0.25) is 14.5 Å². The number of carboxylic acids is 2. The molecule has 0 spiro atoms. The van der Waals surface area contributed by atoms with Gasteiger partial charge >= 0.3 is 11.9 Å². The lowest BCUT2D eigenvalue weighted by molar-refractivity contribution is -0.180. The van der Waals surface area contributed by atoms with Crippen LogP contribution in [0.4, 0.5) is 0 Å². The van der Waals surface area contributed by atoms with Gasteiger partial charge in [-0.2, -0.15) is 0 Å². The normalized spacial score (nSPS) is 16.6. The van der Waals surface area contributed by atoms with Crippen LogP contribution in [-0.4, -0.2) is 43.8 Å². The second-order valence-electron chi connectivity index (χ2n) is 4.56. The zero-order chi connectivity index (χ0) is 14.9. The SMILES string of the molecule is O=C(O)CCC(O)(C(=O)O)N1Cc2ccccc2C1=O. The number of rotatable bonds is 5. The maximum absolute atomic E-state index is 12.1. The third-order valence-corrected chi connectivity index (χ3v) is 3.30. The van der Waals surface area contributed by atoms with Gasteiger partial charge in [-0.15, -0.1) is 0 Å². The number of hydrogen-bond donors (Lipinski definition) is 3. The van der Waals surface area contributed by atoms with Crippen molar-refractivity contribution in [1.82, 2.24) is 4.90 Å². The zero-order valence-corrected chi connectivity index (χ0v) is 10.4. The molecule has 0 bridgehead atoms. The monoisotopic (exact) mass is 279 g/mol. The van der Waals surface area contributed by atoms with E-state index in [1.807, 2.05) is 0 Å². The molecule has 106 valence electrons. The Morgan fingerprint density at radius 2 is 1.90 bits per heavy atom. The average Bonchev–Trinajstić information content (AvgIpc) is 2.74. The number of carbonyl (C=O) groups is 3. The van der Waals surface area contributed by atoms with Crippen LogP contribution in [0.25, 0.3) is 0 Å². The molecule has 20 heavy (non-hydrogen) atoms. The number of aliphatic carboxylic acids is 2. The quantitative estimate of drug-likeness (QED) is 0.713. The number of amides is 1. The summed E-state index contributed by atoms with van der Waals surface area (Å²) in [5.41, 5.74) is -1.59. The van der Waals surface area contributed by atoms with Crippen LogP contribution >= 0.6 is 0 Å². The summed E-state index contributed by atoms with van der Waals surface area (Å²) in [6.07, 6.45) is -1.12. The molecule has 0 aromatic heterocycles. The van der Waals surface area contributed by atoms with Crippen molar-refractivity contribution in [2.45, 2.75) is 25.1 Å². The van der Waals surface area contributed by atoms with Crippen molar-refractivity contribution in [3.63, 3.8) is 0 Å². The molecule has 0 radical (unpaired) electrons. The molecule has 1 aromatic carbocycles. The predicted molar refractivity (Wildman–Crippen MR) is 65.8 cm³/mol. The molecule has 0 fully saturated rings. The number of benzene rings is 1. The van der Waals surface area contributed by atoms with Gasteiger partial charge in [-0.05, 0) is 11.6 Å². The minimum Gasteiger partial charge on any atom is -0.481 e. The van der Waals surface area contributed by atoms with E-state index in [4.69, 9.17) is 10.2 Å². The van der Waals surface area contributed by atoms with Crippen molar-refractivity contribution in [3.05, 3.63) is 35.4 Å². The third kappa shape index (κ3) is 2.23. The molecule has 2 rings (SSSR count). The van der Waals surface area contributed by atoms with Gasteiger partial charge < -0.3 is 15.3 Å². The summed E-state index contributed by atoms with van der Waals surface area (Å²) in [4.78, 5) is 34.8. The van der Waals surface area contributed by atoms with Gasteiger partial charge in [-0.1, -0.05) is 18.2 Å². The van der Waals surface area contributed by atoms with Gasteiger partial charge in [0.05, 0.1) is 13.0 Å². The van der Waals surface area contributed by atoms with Crippen LogP contribution in [-0.2, 0) is 16.1 Å². The largest absolute Gasteiger partial charge is 0.481 e. The Morgan fingerprint density at radius 3 is 2.45 bits per heavy atom. The number of carbonyl (C=O) groups excluding carboxylic acids is 1. The molecular formula is C13H13NO6. The van der Waals surface area contributed by atoms with Crippen LogP contribution < -0.4 is 0 Å². The Bertz CT molecular complexity index is 584. The summed E-state index contributed by atoms with van der Waals surface area (Å²) >= 11 is 0. The first kappa shape index (κ1) is 14.0. The molecule has 3 N–H and O–H groups in total. The summed E-state index contributed by atoms with van der Waals surface area (Å²) in [6, 6.07) is 6.54. The topological polar surface area (TPSA) is 115 Å². The third-order valence-electron chi connectivity index (χ3n) is 3.30. The number of carboxylic acid groups (broad SMARTS) is 2. The molecule has 0 saturated carbocycles. The standard InChI is InChI=1S/C13H13NO6/c15-10(16)5-6-13(20,12(18)19)14-7-8-3-1-2-4-9(8)11(14)17/h1-4,20H,5-7H2,(H,15,16)(H,18,19). The average molecular weight is 279 g/mol. The van der Waals surface area contributed by atoms with E-state index in [2.05, 4.69) is 0 Å². The summed E-state index contributed by atoms with van der Waals surface area (Å²) < 4.78 is 0. The Hall–Kier alpha value is -2.41. The van der Waals surface area contributed by atoms with Gasteiger partial charge in [-0.25, -0.2) is 4.79 Å². The summed E-state index contributed by atoms with van der Waals surface area (Å²) in [5, 5.41) is 28.0. The highest BCUT2D eigenvalue weighted by molar-refractivity contribution is 6.01. The lowest BCUT2D eigenvalue weighted by Gasteiger charge is -2.32. The Balaban J connectivity index is 2.31. The smallest absolute Gasteiger partial charge is 0.357 e. The van der Waals surface area contributed by atoms with Crippen molar-refractivity contribution in [3.8, 4) is 0 Å². The molecule has 1 atom stereocenters. The predicted octanol–water partition coefficient (Wildman–Crippen LogP) is 0.280. The van der Waals surface area contributed by atoms with Gasteiger partial charge in [0.2, 0.25) is 5.72 Å². The summed E-state index contributed by atoms with van der Waals surface area (Å²) in [7, 11) is 0. The molecule has 1 unspecified atom stereocenters. The lowest BCUT2D eigenvalue weighted by Crippen LogP contribution is -2.55. The zero-order valence-electron chi connectivity index (χ0n) is 10.4. The van der Waals surface area contributed by atoms with Crippen LogP contribution in [0.15, 0.2) is 24.3 Å². The van der Waals surface area contributed by atoms with Crippen molar-refractivity contribution in [2.75, 3.05) is 0 Å². The van der Waals surface area contributed by atoms with Gasteiger partial charge in [0.15, 0.2) is 0 Å². The molecule has 7 nitrogen and oxygen atoms in total. The summed E-state index contributed by atoms with van der Waals surface area (Å²) in [6.45, 7) is -0.0581. The Morgan fingerprint density at radius 1 is 1.25 bits per heavy atom. The second kappa shape index (κ2) is 4.93. The number of aliphatic hydroxyl groups is 1. The first-order valence-electron chi connectivity index (χ1n) is 5.93. The Kier molecular flexibility index (Phi) is 3.46. The van der Waals surface area contributed by atoms with E-state index in [0.717, 1.165) is 4.90 Å². The highest BCUT2D eigenvalue weighted by Gasteiger charge is 2.48. The van der Waals surface area contributed by atoms with Crippen molar-refractivity contribution < 1.29 is 29.7 Å². The first-order chi connectivity index (χ1) is 9.36. The van der Waals surface area contributed by atoms with Crippen LogP contribution in [0.1, 0.15) is 28.8 Å². The lowest BCUT2D eigenvalue weighted by atomic mass is 10.1. The number of fused-ring (bicyclic) bond motifs is 1. The molecule has 0 saturated heterocycles. The van der Waals surface area contributed by atoms with Crippen LogP contribution in [0.5, 0.6) is 0 Å². The molecule has 7 heteroatoms. The molecule has 1 heterocycles. The maximum atomic E-state index is 12.1. The molecule has 1 aliphatic heterocycles. The van der Waals surface area contributed by atoms with Gasteiger partial charge in [0.1, 0.15) is 0 Å². The van der Waals surface area contributed by atoms with Crippen molar-refractivity contribution in [2.24, 2.45) is 0 Å². The number of hydrogen-bond acceptors (Lipinski definition) is 4. The fourth-order valence-corrected chi connectivity index (χ4v) is 2.19. The fourth-order valence-electron chi connectivity index (χ4n) is 2.19.